The van der Waals surface area contributed by atoms with Gasteiger partial charge in [0.2, 0.25) is 11.7 Å². The Hall–Kier alpha value is -2.55. The molecule has 2 aromatic heterocycles. The third kappa shape index (κ3) is 4.77. The summed E-state index contributed by atoms with van der Waals surface area (Å²) in [7, 11) is 0. The van der Waals surface area contributed by atoms with Crippen LogP contribution in [-0.4, -0.2) is 26.4 Å². The van der Waals surface area contributed by atoms with Gasteiger partial charge < -0.3 is 9.73 Å². The van der Waals surface area contributed by atoms with Crippen LogP contribution in [0, 0.1) is 13.8 Å². The third-order valence-corrected chi connectivity index (χ3v) is 6.78. The quantitative estimate of drug-likeness (QED) is 0.214. The molecule has 0 radical (unpaired) electrons. The Morgan fingerprint density at radius 1 is 1.25 bits per heavy atom. The second kappa shape index (κ2) is 9.52. The molecule has 0 saturated carbocycles. The number of benzene rings is 2. The van der Waals surface area contributed by atoms with E-state index >= 15 is 0 Å². The molecule has 4 aromatic rings. The summed E-state index contributed by atoms with van der Waals surface area (Å²) in [5.74, 6) is 1.20. The third-order valence-electron chi connectivity index (χ3n) is 4.92. The van der Waals surface area contributed by atoms with Crippen molar-refractivity contribution in [2.75, 3.05) is 11.1 Å². The summed E-state index contributed by atoms with van der Waals surface area (Å²) < 4.78 is 8.66. The Morgan fingerprint density at radius 2 is 2.03 bits per heavy atom. The van der Waals surface area contributed by atoms with Crippen molar-refractivity contribution in [2.45, 2.75) is 25.5 Å². The van der Waals surface area contributed by atoms with E-state index in [1.165, 1.54) is 11.8 Å². The fourth-order valence-electron chi connectivity index (χ4n) is 3.19. The van der Waals surface area contributed by atoms with Crippen LogP contribution in [0.2, 0.25) is 5.02 Å². The Bertz CT molecular complexity index is 1330. The first-order valence-electron chi connectivity index (χ1n) is 9.78. The van der Waals surface area contributed by atoms with Crippen LogP contribution in [0.4, 0.5) is 5.69 Å². The van der Waals surface area contributed by atoms with E-state index in [1.807, 2.05) is 48.7 Å². The van der Waals surface area contributed by atoms with Crippen LogP contribution < -0.4 is 5.32 Å². The van der Waals surface area contributed by atoms with E-state index in [9.17, 15) is 4.79 Å². The van der Waals surface area contributed by atoms with E-state index in [4.69, 9.17) is 16.0 Å². The Kier molecular flexibility index (Phi) is 6.74. The van der Waals surface area contributed by atoms with Gasteiger partial charge >= 0.3 is 0 Å². The number of carbonyl (C=O) groups excluding carboxylic acids is 1. The van der Waals surface area contributed by atoms with Gasteiger partial charge in [0.1, 0.15) is 5.58 Å². The van der Waals surface area contributed by atoms with Crippen molar-refractivity contribution in [2.24, 2.45) is 0 Å². The number of nitrogens with one attached hydrogen (secondary N) is 1. The number of fused-ring (bicyclic) bond motifs is 1. The molecule has 0 spiro atoms. The molecule has 2 aromatic carbocycles. The van der Waals surface area contributed by atoms with Crippen molar-refractivity contribution in [1.29, 1.82) is 0 Å². The highest BCUT2D eigenvalue weighted by atomic mass is 79.9. The van der Waals surface area contributed by atoms with Gasteiger partial charge in [-0.2, -0.15) is 0 Å². The zero-order chi connectivity index (χ0) is 22.8. The average molecular weight is 532 g/mol. The molecule has 9 heteroatoms. The fourth-order valence-corrected chi connectivity index (χ4v) is 4.67. The first kappa shape index (κ1) is 22.6. The minimum absolute atomic E-state index is 0.132. The number of hydrogen-bond donors (Lipinski definition) is 1. The van der Waals surface area contributed by atoms with Gasteiger partial charge in [-0.1, -0.05) is 29.4 Å². The molecule has 0 bridgehead atoms. The molecule has 0 fully saturated rings. The van der Waals surface area contributed by atoms with E-state index in [0.29, 0.717) is 33.9 Å². The van der Waals surface area contributed by atoms with Gasteiger partial charge in [-0.3, -0.25) is 9.36 Å². The number of thioether (sulfide) groups is 1. The smallest absolute Gasteiger partial charge is 0.234 e. The molecule has 0 aliphatic carbocycles. The molecule has 0 saturated heterocycles. The lowest BCUT2D eigenvalue weighted by molar-refractivity contribution is -0.113. The Labute approximate surface area is 203 Å². The van der Waals surface area contributed by atoms with E-state index in [0.717, 1.165) is 26.7 Å². The van der Waals surface area contributed by atoms with Crippen molar-refractivity contribution in [3.63, 3.8) is 0 Å². The van der Waals surface area contributed by atoms with Gasteiger partial charge in [0.25, 0.3) is 0 Å². The van der Waals surface area contributed by atoms with Crippen LogP contribution in [0.15, 0.2) is 63.1 Å². The van der Waals surface area contributed by atoms with E-state index in [2.05, 4.69) is 38.0 Å². The van der Waals surface area contributed by atoms with Gasteiger partial charge in [-0.15, -0.1) is 16.8 Å². The molecule has 1 N–H and O–H groups in total. The zero-order valence-electron chi connectivity index (χ0n) is 17.5. The molecule has 2 heterocycles. The van der Waals surface area contributed by atoms with Crippen molar-refractivity contribution < 1.29 is 9.21 Å². The van der Waals surface area contributed by atoms with Gasteiger partial charge in [0.15, 0.2) is 10.9 Å². The maximum atomic E-state index is 12.6. The average Bonchev–Trinajstić information content (AvgIpc) is 3.34. The number of allylic oxidation sites excluding steroid dienone is 1. The van der Waals surface area contributed by atoms with E-state index < -0.39 is 0 Å². The topological polar surface area (TPSA) is 73.0 Å². The van der Waals surface area contributed by atoms with Crippen molar-refractivity contribution >= 4 is 61.9 Å². The lowest BCUT2D eigenvalue weighted by Crippen LogP contribution is -2.15. The largest absolute Gasteiger partial charge is 0.453 e. The number of nitrogens with zero attached hydrogens (tertiary/aromatic N) is 3. The van der Waals surface area contributed by atoms with E-state index in [-0.39, 0.29) is 11.7 Å². The second-order valence-electron chi connectivity index (χ2n) is 7.25. The predicted octanol–water partition coefficient (Wildman–Crippen LogP) is 6.64. The standard InChI is InChI=1S/C23H20BrClN4O2S/c1-4-7-29-22(20-11-15-10-16(25)5-6-19(15)31-20)27-28-23(29)32-12-21(30)26-18-9-14(3)13(2)8-17(18)24/h4-6,8-11H,1,7,12H2,2-3H3,(H,26,30). The zero-order valence-corrected chi connectivity index (χ0v) is 20.6. The highest BCUT2D eigenvalue weighted by molar-refractivity contribution is 9.10. The summed E-state index contributed by atoms with van der Waals surface area (Å²) in [6, 6.07) is 11.3. The predicted molar refractivity (Wildman–Crippen MR) is 133 cm³/mol. The molecule has 1 amide bonds. The Balaban J connectivity index is 1.53. The fraction of sp³-hybridized carbons (Fsp3) is 0.174. The maximum absolute atomic E-state index is 12.6. The van der Waals surface area contributed by atoms with Gasteiger partial charge in [0, 0.05) is 21.4 Å². The van der Waals surface area contributed by atoms with Gasteiger partial charge in [-0.05, 0) is 77.3 Å². The second-order valence-corrected chi connectivity index (χ2v) is 9.48. The number of hydrogen-bond acceptors (Lipinski definition) is 5. The van der Waals surface area contributed by atoms with Gasteiger partial charge in [0.05, 0.1) is 11.4 Å². The number of aryl methyl sites for hydroxylation is 2. The van der Waals surface area contributed by atoms with Crippen LogP contribution in [0.5, 0.6) is 0 Å². The summed E-state index contributed by atoms with van der Waals surface area (Å²) >= 11 is 10.9. The number of furan rings is 1. The normalized spacial score (nSPS) is 11.1. The van der Waals surface area contributed by atoms with Crippen molar-refractivity contribution in [3.8, 4) is 11.6 Å². The SMILES string of the molecule is C=CCn1c(SCC(=O)Nc2cc(C)c(C)cc2Br)nnc1-c1cc2cc(Cl)ccc2o1. The summed E-state index contributed by atoms with van der Waals surface area (Å²) in [5, 5.41) is 13.6. The molecule has 0 aliphatic heterocycles. The molecule has 164 valence electrons. The summed E-state index contributed by atoms with van der Waals surface area (Å²) in [6.45, 7) is 8.34. The van der Waals surface area contributed by atoms with Crippen LogP contribution >= 0.6 is 39.3 Å². The first-order valence-corrected chi connectivity index (χ1v) is 11.9. The molecule has 6 nitrogen and oxygen atoms in total. The van der Waals surface area contributed by atoms with E-state index in [1.54, 1.807) is 12.1 Å². The lowest BCUT2D eigenvalue weighted by atomic mass is 10.1. The maximum Gasteiger partial charge on any atom is 0.234 e. The number of aromatic nitrogens is 3. The number of amides is 1. The lowest BCUT2D eigenvalue weighted by Gasteiger charge is -2.10. The van der Waals surface area contributed by atoms with Crippen molar-refractivity contribution in [3.05, 3.63) is 69.7 Å². The number of anilines is 1. The van der Waals surface area contributed by atoms with Crippen molar-refractivity contribution in [1.82, 2.24) is 14.8 Å². The minimum atomic E-state index is -0.132. The number of carbonyl (C=O) groups is 1. The molecular weight excluding hydrogens is 512 g/mol. The molecule has 32 heavy (non-hydrogen) atoms. The molecule has 0 atom stereocenters. The summed E-state index contributed by atoms with van der Waals surface area (Å²) in [6.07, 6.45) is 1.75. The highest BCUT2D eigenvalue weighted by Gasteiger charge is 2.18. The highest BCUT2D eigenvalue weighted by Crippen LogP contribution is 2.31. The van der Waals surface area contributed by atoms with Crippen LogP contribution in [0.25, 0.3) is 22.6 Å². The molecular formula is C23H20BrClN4O2S. The number of rotatable bonds is 7. The van der Waals surface area contributed by atoms with Crippen LogP contribution in [0.1, 0.15) is 11.1 Å². The van der Waals surface area contributed by atoms with Crippen LogP contribution in [-0.2, 0) is 11.3 Å². The number of halogens is 2. The summed E-state index contributed by atoms with van der Waals surface area (Å²) in [5.41, 5.74) is 3.72. The molecule has 0 unspecified atom stereocenters. The van der Waals surface area contributed by atoms with Gasteiger partial charge in [-0.25, -0.2) is 0 Å². The monoisotopic (exact) mass is 530 g/mol. The Morgan fingerprint density at radius 3 is 2.81 bits per heavy atom. The molecule has 4 rings (SSSR count). The van der Waals surface area contributed by atoms with Crippen LogP contribution in [0.3, 0.4) is 0 Å². The molecule has 0 aliphatic rings. The summed E-state index contributed by atoms with van der Waals surface area (Å²) in [4.78, 5) is 12.6. The minimum Gasteiger partial charge on any atom is -0.453 e. The first-order chi connectivity index (χ1) is 15.4.